The van der Waals surface area contributed by atoms with Crippen LogP contribution in [-0.4, -0.2) is 5.78 Å². The van der Waals surface area contributed by atoms with Crippen molar-refractivity contribution in [1.29, 1.82) is 0 Å². The topological polar surface area (TPSA) is 30.2 Å². The van der Waals surface area contributed by atoms with E-state index in [9.17, 15) is 4.79 Å². The summed E-state index contributed by atoms with van der Waals surface area (Å²) in [4.78, 5) is 12.1. The maximum absolute atomic E-state index is 12.1. The third kappa shape index (κ3) is 3.15. The molecule has 0 saturated heterocycles. The summed E-state index contributed by atoms with van der Waals surface area (Å²) in [7, 11) is 0. The molecule has 0 saturated carbocycles. The Hall–Kier alpha value is -3.39. The Labute approximate surface area is 146 Å². The van der Waals surface area contributed by atoms with Gasteiger partial charge in [0.25, 0.3) is 0 Å². The van der Waals surface area contributed by atoms with Crippen molar-refractivity contribution in [2.24, 2.45) is 0 Å². The van der Waals surface area contributed by atoms with Crippen LogP contribution in [0.25, 0.3) is 28.2 Å². The van der Waals surface area contributed by atoms with Crippen LogP contribution in [0, 0.1) is 0 Å². The summed E-state index contributed by atoms with van der Waals surface area (Å²) >= 11 is 0. The van der Waals surface area contributed by atoms with E-state index in [1.165, 1.54) is 5.39 Å². The van der Waals surface area contributed by atoms with Crippen LogP contribution in [0.15, 0.2) is 95.4 Å². The number of hydrogen-bond donors (Lipinski definition) is 0. The minimum absolute atomic E-state index is 0.0382. The molecule has 0 N–H and O–H groups in total. The number of hydrogen-bond acceptors (Lipinski definition) is 2. The quantitative estimate of drug-likeness (QED) is 0.340. The molecule has 0 radical (unpaired) electrons. The van der Waals surface area contributed by atoms with Crippen LogP contribution in [-0.2, 0) is 0 Å². The number of furan rings is 1. The molecule has 0 unspecified atom stereocenters. The smallest absolute Gasteiger partial charge is 0.185 e. The normalized spacial score (nSPS) is 11.2. The number of benzene rings is 3. The molecule has 1 heterocycles. The Morgan fingerprint density at radius 2 is 1.52 bits per heavy atom. The van der Waals surface area contributed by atoms with E-state index >= 15 is 0 Å². The minimum atomic E-state index is -0.0382. The first-order chi connectivity index (χ1) is 12.3. The van der Waals surface area contributed by atoms with E-state index < -0.39 is 0 Å². The Kier molecular flexibility index (Phi) is 4.01. The lowest BCUT2D eigenvalue weighted by Crippen LogP contribution is -1.92. The van der Waals surface area contributed by atoms with Gasteiger partial charge in [0.05, 0.1) is 0 Å². The van der Waals surface area contributed by atoms with E-state index in [-0.39, 0.29) is 5.78 Å². The largest absolute Gasteiger partial charge is 0.457 e. The Bertz CT molecular complexity index is 1050. The zero-order valence-corrected chi connectivity index (χ0v) is 13.6. The molecule has 2 nitrogen and oxygen atoms in total. The molecule has 0 amide bonds. The summed E-state index contributed by atoms with van der Waals surface area (Å²) in [6, 6.07) is 27.4. The fourth-order valence-corrected chi connectivity index (χ4v) is 2.88. The first kappa shape index (κ1) is 15.2. The van der Waals surface area contributed by atoms with Crippen molar-refractivity contribution in [2.45, 2.75) is 0 Å². The third-order valence-electron chi connectivity index (χ3n) is 4.14. The Balaban J connectivity index is 1.62. The number of rotatable bonds is 4. The van der Waals surface area contributed by atoms with E-state index in [4.69, 9.17) is 4.42 Å². The second kappa shape index (κ2) is 6.62. The van der Waals surface area contributed by atoms with Crippen molar-refractivity contribution < 1.29 is 9.21 Å². The predicted molar refractivity (Wildman–Crippen MR) is 101 cm³/mol. The SMILES string of the molecule is O=C(C=Cc1ccc(-c2cccc3ccccc23)o1)c1ccccc1. The molecule has 0 fully saturated rings. The number of carbonyl (C=O) groups excluding carboxylic acids is 1. The molecule has 25 heavy (non-hydrogen) atoms. The van der Waals surface area contributed by atoms with Gasteiger partial charge in [0.2, 0.25) is 0 Å². The maximum Gasteiger partial charge on any atom is 0.185 e. The highest BCUT2D eigenvalue weighted by atomic mass is 16.3. The first-order valence-corrected chi connectivity index (χ1v) is 8.17. The van der Waals surface area contributed by atoms with Crippen molar-refractivity contribution in [1.82, 2.24) is 0 Å². The molecular formula is C23H16O2. The van der Waals surface area contributed by atoms with Gasteiger partial charge in [0, 0.05) is 11.1 Å². The van der Waals surface area contributed by atoms with Crippen molar-refractivity contribution in [2.75, 3.05) is 0 Å². The summed E-state index contributed by atoms with van der Waals surface area (Å²) in [6.45, 7) is 0. The van der Waals surface area contributed by atoms with Gasteiger partial charge >= 0.3 is 0 Å². The molecule has 4 aromatic rings. The van der Waals surface area contributed by atoms with Gasteiger partial charge in [0.1, 0.15) is 11.5 Å². The maximum atomic E-state index is 12.1. The molecule has 1 aromatic heterocycles. The average molecular weight is 324 g/mol. The Morgan fingerprint density at radius 1 is 0.760 bits per heavy atom. The highest BCUT2D eigenvalue weighted by Crippen LogP contribution is 2.30. The summed E-state index contributed by atoms with van der Waals surface area (Å²) in [5.41, 5.74) is 1.71. The van der Waals surface area contributed by atoms with Crippen molar-refractivity contribution >= 4 is 22.6 Å². The fraction of sp³-hybridized carbons (Fsp3) is 0. The van der Waals surface area contributed by atoms with Gasteiger partial charge in [-0.05, 0) is 35.1 Å². The van der Waals surface area contributed by atoms with Crippen molar-refractivity contribution in [3.8, 4) is 11.3 Å². The molecule has 0 bridgehead atoms. The van der Waals surface area contributed by atoms with Crippen LogP contribution in [0.1, 0.15) is 16.1 Å². The number of allylic oxidation sites excluding steroid dienone is 1. The summed E-state index contributed by atoms with van der Waals surface area (Å²) in [5.74, 6) is 1.42. The summed E-state index contributed by atoms with van der Waals surface area (Å²) in [5, 5.41) is 2.32. The van der Waals surface area contributed by atoms with Gasteiger partial charge in [-0.1, -0.05) is 72.8 Å². The van der Waals surface area contributed by atoms with E-state index in [0.29, 0.717) is 11.3 Å². The standard InChI is InChI=1S/C23H16O2/c24-22(18-8-2-1-3-9-18)15-13-19-14-16-23(25-19)21-12-6-10-17-7-4-5-11-20(17)21/h1-16H. The summed E-state index contributed by atoms with van der Waals surface area (Å²) < 4.78 is 5.93. The van der Waals surface area contributed by atoms with Crippen LogP contribution in [0.5, 0.6) is 0 Å². The second-order valence-electron chi connectivity index (χ2n) is 5.79. The summed E-state index contributed by atoms with van der Waals surface area (Å²) in [6.07, 6.45) is 3.25. The number of fused-ring (bicyclic) bond motifs is 1. The fourth-order valence-electron chi connectivity index (χ4n) is 2.88. The second-order valence-corrected chi connectivity index (χ2v) is 5.79. The molecular weight excluding hydrogens is 308 g/mol. The molecule has 0 aliphatic rings. The van der Waals surface area contributed by atoms with Gasteiger partial charge in [-0.25, -0.2) is 0 Å². The van der Waals surface area contributed by atoms with Crippen LogP contribution in [0.3, 0.4) is 0 Å². The van der Waals surface area contributed by atoms with Crippen LogP contribution >= 0.6 is 0 Å². The third-order valence-corrected chi connectivity index (χ3v) is 4.14. The van der Waals surface area contributed by atoms with Gasteiger partial charge in [-0.3, -0.25) is 4.79 Å². The molecule has 0 spiro atoms. The van der Waals surface area contributed by atoms with Gasteiger partial charge < -0.3 is 4.42 Å². The van der Waals surface area contributed by atoms with Crippen LogP contribution < -0.4 is 0 Å². The lowest BCUT2D eigenvalue weighted by Gasteiger charge is -2.03. The monoisotopic (exact) mass is 324 g/mol. The molecule has 3 aromatic carbocycles. The molecule has 4 rings (SSSR count). The van der Waals surface area contributed by atoms with Crippen LogP contribution in [0.2, 0.25) is 0 Å². The molecule has 0 aliphatic heterocycles. The highest BCUT2D eigenvalue weighted by molar-refractivity contribution is 6.06. The first-order valence-electron chi connectivity index (χ1n) is 8.17. The number of carbonyl (C=O) groups is 1. The van der Waals surface area contributed by atoms with E-state index in [2.05, 4.69) is 18.2 Å². The number of ketones is 1. The molecule has 120 valence electrons. The van der Waals surface area contributed by atoms with E-state index in [0.717, 1.165) is 16.7 Å². The minimum Gasteiger partial charge on any atom is -0.457 e. The highest BCUT2D eigenvalue weighted by Gasteiger charge is 2.07. The van der Waals surface area contributed by atoms with Gasteiger partial charge in [-0.2, -0.15) is 0 Å². The predicted octanol–water partition coefficient (Wildman–Crippen LogP) is 6.00. The lowest BCUT2D eigenvalue weighted by molar-refractivity contribution is 0.104. The molecule has 0 aliphatic carbocycles. The zero-order chi connectivity index (χ0) is 17.1. The van der Waals surface area contributed by atoms with Crippen molar-refractivity contribution in [3.05, 3.63) is 102 Å². The lowest BCUT2D eigenvalue weighted by atomic mass is 10.0. The van der Waals surface area contributed by atoms with E-state index in [1.807, 2.05) is 54.6 Å². The van der Waals surface area contributed by atoms with Gasteiger partial charge in [-0.15, -0.1) is 0 Å². The molecule has 0 atom stereocenters. The average Bonchev–Trinajstić information content (AvgIpc) is 3.15. The van der Waals surface area contributed by atoms with Crippen LogP contribution in [0.4, 0.5) is 0 Å². The van der Waals surface area contributed by atoms with Crippen molar-refractivity contribution in [3.63, 3.8) is 0 Å². The van der Waals surface area contributed by atoms with E-state index in [1.54, 1.807) is 24.3 Å². The zero-order valence-electron chi connectivity index (χ0n) is 13.6. The molecule has 2 heteroatoms. The Morgan fingerprint density at radius 3 is 2.40 bits per heavy atom. The van der Waals surface area contributed by atoms with Gasteiger partial charge in [0.15, 0.2) is 5.78 Å².